The van der Waals surface area contributed by atoms with Crippen molar-refractivity contribution in [2.24, 2.45) is 0 Å². The van der Waals surface area contributed by atoms with Gasteiger partial charge in [-0.2, -0.15) is 0 Å². The van der Waals surface area contributed by atoms with Crippen molar-refractivity contribution in [2.45, 2.75) is 19.4 Å². The van der Waals surface area contributed by atoms with Crippen LogP contribution in [0.1, 0.15) is 13.8 Å². The second-order valence-corrected chi connectivity index (χ2v) is 5.81. The minimum absolute atomic E-state index is 0.143. The molecule has 1 aromatic rings. The Morgan fingerprint density at radius 2 is 2.31 bits per heavy atom. The average molecular weight is 306 g/mol. The summed E-state index contributed by atoms with van der Waals surface area (Å²) in [5, 5.41) is 0.673. The molecule has 1 aliphatic rings. The molecule has 0 radical (unpaired) electrons. The van der Waals surface area contributed by atoms with E-state index in [0.717, 1.165) is 23.4 Å². The minimum Gasteiger partial charge on any atom is -0.372 e. The molecule has 0 amide bonds. The Balaban J connectivity index is 2.23. The van der Waals surface area contributed by atoms with E-state index in [1.165, 1.54) is 0 Å². The molecule has 0 N–H and O–H groups in total. The van der Waals surface area contributed by atoms with Gasteiger partial charge in [-0.1, -0.05) is 11.6 Å². The van der Waals surface area contributed by atoms with Crippen molar-refractivity contribution in [3.8, 4) is 0 Å². The fourth-order valence-electron chi connectivity index (χ4n) is 1.84. The highest BCUT2D eigenvalue weighted by atomic mass is 79.9. The molecule has 0 saturated carbocycles. The average Bonchev–Trinajstić information content (AvgIpc) is 2.15. The van der Waals surface area contributed by atoms with Gasteiger partial charge >= 0.3 is 0 Å². The predicted molar refractivity (Wildman–Crippen MR) is 69.2 cm³/mol. The quantitative estimate of drug-likeness (QED) is 0.797. The second-order valence-electron chi connectivity index (χ2n) is 4.49. The third kappa shape index (κ3) is 2.67. The van der Waals surface area contributed by atoms with Crippen molar-refractivity contribution < 1.29 is 4.74 Å². The summed E-state index contributed by atoms with van der Waals surface area (Å²) < 4.78 is 6.56. The molecule has 3 nitrogen and oxygen atoms in total. The number of ether oxygens (including phenoxy) is 1. The first-order valence-electron chi connectivity index (χ1n) is 5.18. The van der Waals surface area contributed by atoms with E-state index in [4.69, 9.17) is 16.3 Å². The summed E-state index contributed by atoms with van der Waals surface area (Å²) >= 11 is 9.53. The van der Waals surface area contributed by atoms with Gasteiger partial charge in [0.05, 0.1) is 17.2 Å². The van der Waals surface area contributed by atoms with Crippen LogP contribution in [0.15, 0.2) is 16.7 Å². The smallest absolute Gasteiger partial charge is 0.147 e. The number of halogens is 2. The molecule has 0 spiro atoms. The standard InChI is InChI=1S/C11H14BrClN2O/c1-11(2)7-15(3-4-16-11)10-9(13)5-8(12)6-14-10/h5-6H,3-4,7H2,1-2H3. The molecular weight excluding hydrogens is 291 g/mol. The summed E-state index contributed by atoms with van der Waals surface area (Å²) in [6.45, 7) is 6.50. The summed E-state index contributed by atoms with van der Waals surface area (Å²) in [6, 6.07) is 1.87. The van der Waals surface area contributed by atoms with E-state index in [1.807, 2.05) is 6.07 Å². The monoisotopic (exact) mass is 304 g/mol. The summed E-state index contributed by atoms with van der Waals surface area (Å²) in [6.07, 6.45) is 1.77. The third-order valence-electron chi connectivity index (χ3n) is 2.51. The van der Waals surface area contributed by atoms with E-state index in [2.05, 4.69) is 39.7 Å². The van der Waals surface area contributed by atoms with Gasteiger partial charge in [-0.15, -0.1) is 0 Å². The highest BCUT2D eigenvalue weighted by molar-refractivity contribution is 9.10. The van der Waals surface area contributed by atoms with Crippen LogP contribution in [-0.2, 0) is 4.74 Å². The molecule has 2 heterocycles. The molecule has 0 atom stereocenters. The molecule has 1 aliphatic heterocycles. The lowest BCUT2D eigenvalue weighted by molar-refractivity contribution is -0.0279. The minimum atomic E-state index is -0.143. The van der Waals surface area contributed by atoms with Gasteiger partial charge in [-0.25, -0.2) is 4.98 Å². The highest BCUT2D eigenvalue weighted by Gasteiger charge is 2.28. The molecule has 5 heteroatoms. The maximum atomic E-state index is 6.18. The number of morpholine rings is 1. The topological polar surface area (TPSA) is 25.4 Å². The van der Waals surface area contributed by atoms with E-state index in [9.17, 15) is 0 Å². The van der Waals surface area contributed by atoms with Crippen molar-refractivity contribution in [1.82, 2.24) is 4.98 Å². The van der Waals surface area contributed by atoms with Crippen molar-refractivity contribution in [3.05, 3.63) is 21.8 Å². The lowest BCUT2D eigenvalue weighted by Crippen LogP contribution is -2.48. The fraction of sp³-hybridized carbons (Fsp3) is 0.545. The number of hydrogen-bond donors (Lipinski definition) is 0. The van der Waals surface area contributed by atoms with Crippen LogP contribution in [0.3, 0.4) is 0 Å². The normalized spacial score (nSPS) is 19.9. The van der Waals surface area contributed by atoms with Gasteiger partial charge < -0.3 is 9.64 Å². The Kier molecular flexibility index (Phi) is 3.42. The maximum Gasteiger partial charge on any atom is 0.147 e. The first-order valence-corrected chi connectivity index (χ1v) is 6.35. The molecule has 2 rings (SSSR count). The van der Waals surface area contributed by atoms with E-state index < -0.39 is 0 Å². The summed E-state index contributed by atoms with van der Waals surface area (Å²) in [4.78, 5) is 6.52. The molecule has 0 aromatic carbocycles. The predicted octanol–water partition coefficient (Wildman–Crippen LogP) is 3.11. The molecule has 1 aromatic heterocycles. The van der Waals surface area contributed by atoms with Crippen LogP contribution >= 0.6 is 27.5 Å². The second kappa shape index (κ2) is 4.51. The van der Waals surface area contributed by atoms with E-state index >= 15 is 0 Å². The van der Waals surface area contributed by atoms with Gasteiger partial charge in [-0.05, 0) is 35.8 Å². The number of anilines is 1. The van der Waals surface area contributed by atoms with Gasteiger partial charge in [-0.3, -0.25) is 0 Å². The van der Waals surface area contributed by atoms with Gasteiger partial charge in [0, 0.05) is 23.8 Å². The largest absolute Gasteiger partial charge is 0.372 e. The van der Waals surface area contributed by atoms with E-state index in [1.54, 1.807) is 6.20 Å². The SMILES string of the molecule is CC1(C)CN(c2ncc(Br)cc2Cl)CCO1. The first-order chi connectivity index (χ1) is 7.48. The van der Waals surface area contributed by atoms with Crippen molar-refractivity contribution in [2.75, 3.05) is 24.6 Å². The Morgan fingerprint density at radius 3 is 2.94 bits per heavy atom. The lowest BCUT2D eigenvalue weighted by atomic mass is 10.1. The Morgan fingerprint density at radius 1 is 1.56 bits per heavy atom. The van der Waals surface area contributed by atoms with Crippen LogP contribution in [0.4, 0.5) is 5.82 Å². The molecule has 88 valence electrons. The zero-order chi connectivity index (χ0) is 11.8. The number of hydrogen-bond acceptors (Lipinski definition) is 3. The molecule has 16 heavy (non-hydrogen) atoms. The van der Waals surface area contributed by atoms with Crippen molar-refractivity contribution in [1.29, 1.82) is 0 Å². The van der Waals surface area contributed by atoms with Crippen LogP contribution in [0, 0.1) is 0 Å². The Labute approximate surface area is 109 Å². The zero-order valence-electron chi connectivity index (χ0n) is 9.33. The van der Waals surface area contributed by atoms with Crippen LogP contribution < -0.4 is 4.90 Å². The summed E-state index contributed by atoms with van der Waals surface area (Å²) in [5.74, 6) is 0.834. The first kappa shape index (κ1) is 12.1. The fourth-order valence-corrected chi connectivity index (χ4v) is 2.59. The van der Waals surface area contributed by atoms with Gasteiger partial charge in [0.15, 0.2) is 0 Å². The molecule has 0 aliphatic carbocycles. The van der Waals surface area contributed by atoms with Crippen LogP contribution in [0.5, 0.6) is 0 Å². The van der Waals surface area contributed by atoms with Crippen molar-refractivity contribution >= 4 is 33.3 Å². The van der Waals surface area contributed by atoms with Crippen LogP contribution in [-0.4, -0.2) is 30.3 Å². The molecule has 0 unspecified atom stereocenters. The lowest BCUT2D eigenvalue weighted by Gasteiger charge is -2.39. The maximum absolute atomic E-state index is 6.18. The van der Waals surface area contributed by atoms with E-state index in [0.29, 0.717) is 11.6 Å². The van der Waals surface area contributed by atoms with Crippen LogP contribution in [0.2, 0.25) is 5.02 Å². The zero-order valence-corrected chi connectivity index (χ0v) is 11.7. The third-order valence-corrected chi connectivity index (χ3v) is 3.23. The molecule has 1 fully saturated rings. The number of rotatable bonds is 1. The van der Waals surface area contributed by atoms with Gasteiger partial charge in [0.25, 0.3) is 0 Å². The number of nitrogens with zero attached hydrogens (tertiary/aromatic N) is 2. The van der Waals surface area contributed by atoms with Crippen molar-refractivity contribution in [3.63, 3.8) is 0 Å². The Hall–Kier alpha value is -0.320. The van der Waals surface area contributed by atoms with E-state index in [-0.39, 0.29) is 5.60 Å². The highest BCUT2D eigenvalue weighted by Crippen LogP contribution is 2.29. The van der Waals surface area contributed by atoms with Gasteiger partial charge in [0.2, 0.25) is 0 Å². The Bertz CT molecular complexity index is 398. The number of aromatic nitrogens is 1. The number of pyridine rings is 1. The summed E-state index contributed by atoms with van der Waals surface area (Å²) in [5.41, 5.74) is -0.143. The molecule has 1 saturated heterocycles. The van der Waals surface area contributed by atoms with Gasteiger partial charge in [0.1, 0.15) is 5.82 Å². The van der Waals surface area contributed by atoms with Crippen LogP contribution in [0.25, 0.3) is 0 Å². The molecule has 0 bridgehead atoms. The summed E-state index contributed by atoms with van der Waals surface area (Å²) in [7, 11) is 0. The molecular formula is C11H14BrClN2O.